The van der Waals surface area contributed by atoms with Crippen molar-refractivity contribution in [1.29, 1.82) is 0 Å². The summed E-state index contributed by atoms with van der Waals surface area (Å²) in [7, 11) is 0. The van der Waals surface area contributed by atoms with Crippen LogP contribution >= 0.6 is 0 Å². The van der Waals surface area contributed by atoms with Gasteiger partial charge in [-0.25, -0.2) is 0 Å². The second kappa shape index (κ2) is 7.80. The van der Waals surface area contributed by atoms with Gasteiger partial charge in [-0.3, -0.25) is 0 Å². The molecule has 0 radical (unpaired) electrons. The van der Waals surface area contributed by atoms with Gasteiger partial charge < -0.3 is 10.2 Å². The molecule has 1 aromatic rings. The van der Waals surface area contributed by atoms with E-state index in [0.29, 0.717) is 0 Å². The van der Waals surface area contributed by atoms with E-state index in [1.807, 2.05) is 0 Å². The van der Waals surface area contributed by atoms with Crippen molar-refractivity contribution < 1.29 is 0 Å². The smallest absolute Gasteiger partial charge is 0.00915 e. The minimum absolute atomic E-state index is 0.725. The third kappa shape index (κ3) is 5.26. The zero-order chi connectivity index (χ0) is 14.4. The Bertz CT molecular complexity index is 392. The minimum atomic E-state index is 0.725. The lowest BCUT2D eigenvalue weighted by atomic mass is 10.0. The van der Waals surface area contributed by atoms with Crippen molar-refractivity contribution in [3.63, 3.8) is 0 Å². The van der Waals surface area contributed by atoms with Crippen LogP contribution in [-0.2, 0) is 6.42 Å². The average Bonchev–Trinajstić information content (AvgIpc) is 2.40. The molecule has 1 heterocycles. The average molecular weight is 274 g/mol. The SMILES string of the molecule is Cc1cccc(CCNC2CCN(CC(C)C)CC2)c1. The molecule has 0 spiro atoms. The van der Waals surface area contributed by atoms with Crippen molar-refractivity contribution in [3.8, 4) is 0 Å². The van der Waals surface area contributed by atoms with E-state index in [2.05, 4.69) is 55.3 Å². The van der Waals surface area contributed by atoms with E-state index >= 15 is 0 Å². The number of piperidine rings is 1. The van der Waals surface area contributed by atoms with Crippen LogP contribution in [0.3, 0.4) is 0 Å². The van der Waals surface area contributed by atoms with Crippen molar-refractivity contribution in [1.82, 2.24) is 10.2 Å². The fourth-order valence-electron chi connectivity index (χ4n) is 3.12. The first kappa shape index (κ1) is 15.5. The molecule has 1 aromatic carbocycles. The van der Waals surface area contributed by atoms with Gasteiger partial charge in [0.25, 0.3) is 0 Å². The van der Waals surface area contributed by atoms with Gasteiger partial charge in [0.2, 0.25) is 0 Å². The molecule has 0 saturated carbocycles. The molecule has 2 nitrogen and oxygen atoms in total. The maximum Gasteiger partial charge on any atom is 0.00915 e. The van der Waals surface area contributed by atoms with Gasteiger partial charge in [-0.1, -0.05) is 43.7 Å². The lowest BCUT2D eigenvalue weighted by molar-refractivity contribution is 0.180. The van der Waals surface area contributed by atoms with Crippen molar-refractivity contribution in [3.05, 3.63) is 35.4 Å². The molecule has 1 N–H and O–H groups in total. The van der Waals surface area contributed by atoms with Crippen LogP contribution in [0.1, 0.15) is 37.8 Å². The first-order valence-electron chi connectivity index (χ1n) is 8.15. The first-order chi connectivity index (χ1) is 9.63. The third-order valence-electron chi connectivity index (χ3n) is 4.14. The molecule has 0 aromatic heterocycles. The second-order valence-electron chi connectivity index (χ2n) is 6.66. The molecule has 0 bridgehead atoms. The van der Waals surface area contributed by atoms with Gasteiger partial charge in [-0.05, 0) is 57.3 Å². The van der Waals surface area contributed by atoms with Crippen molar-refractivity contribution >= 4 is 0 Å². The van der Waals surface area contributed by atoms with E-state index < -0.39 is 0 Å². The standard InChI is InChI=1S/C18H30N2/c1-15(2)14-20-11-8-18(9-12-20)19-10-7-17-6-4-5-16(3)13-17/h4-6,13,15,18-19H,7-12,14H2,1-3H3. The Kier molecular flexibility index (Phi) is 6.06. The monoisotopic (exact) mass is 274 g/mol. The number of benzene rings is 1. The van der Waals surface area contributed by atoms with Crippen molar-refractivity contribution in [2.24, 2.45) is 5.92 Å². The fraction of sp³-hybridized carbons (Fsp3) is 0.667. The summed E-state index contributed by atoms with van der Waals surface area (Å²) in [6, 6.07) is 9.59. The molecule has 0 unspecified atom stereocenters. The largest absolute Gasteiger partial charge is 0.314 e. The fourth-order valence-corrected chi connectivity index (χ4v) is 3.12. The summed E-state index contributed by atoms with van der Waals surface area (Å²) < 4.78 is 0. The maximum atomic E-state index is 3.74. The Labute approximate surface area is 124 Å². The normalized spacial score (nSPS) is 17.8. The number of rotatable bonds is 6. The van der Waals surface area contributed by atoms with E-state index in [9.17, 15) is 0 Å². The molecule has 2 rings (SSSR count). The van der Waals surface area contributed by atoms with Gasteiger partial charge in [-0.15, -0.1) is 0 Å². The number of hydrogen-bond acceptors (Lipinski definition) is 2. The molecule has 0 aliphatic carbocycles. The van der Waals surface area contributed by atoms with Gasteiger partial charge in [0, 0.05) is 12.6 Å². The Morgan fingerprint density at radius 3 is 2.65 bits per heavy atom. The van der Waals surface area contributed by atoms with Gasteiger partial charge in [0.1, 0.15) is 0 Å². The van der Waals surface area contributed by atoms with Crippen LogP contribution in [0.15, 0.2) is 24.3 Å². The van der Waals surface area contributed by atoms with E-state index in [1.165, 1.54) is 43.6 Å². The first-order valence-corrected chi connectivity index (χ1v) is 8.15. The zero-order valence-electron chi connectivity index (χ0n) is 13.4. The number of hydrogen-bond donors (Lipinski definition) is 1. The van der Waals surface area contributed by atoms with Crippen LogP contribution in [0.25, 0.3) is 0 Å². The van der Waals surface area contributed by atoms with Gasteiger partial charge in [0.05, 0.1) is 0 Å². The Morgan fingerprint density at radius 2 is 2.00 bits per heavy atom. The van der Waals surface area contributed by atoms with E-state index in [0.717, 1.165) is 24.9 Å². The van der Waals surface area contributed by atoms with Crippen LogP contribution in [0.4, 0.5) is 0 Å². The molecule has 112 valence electrons. The van der Waals surface area contributed by atoms with Crippen LogP contribution in [0.2, 0.25) is 0 Å². The molecular weight excluding hydrogens is 244 g/mol. The van der Waals surface area contributed by atoms with Gasteiger partial charge in [0.15, 0.2) is 0 Å². The Hall–Kier alpha value is -0.860. The predicted molar refractivity (Wildman–Crippen MR) is 87.2 cm³/mol. The highest BCUT2D eigenvalue weighted by Gasteiger charge is 2.18. The Morgan fingerprint density at radius 1 is 1.25 bits per heavy atom. The summed E-state index contributed by atoms with van der Waals surface area (Å²) in [5.74, 6) is 0.792. The van der Waals surface area contributed by atoms with Gasteiger partial charge in [-0.2, -0.15) is 0 Å². The van der Waals surface area contributed by atoms with Crippen LogP contribution < -0.4 is 5.32 Å². The van der Waals surface area contributed by atoms with Crippen LogP contribution in [0.5, 0.6) is 0 Å². The number of aryl methyl sites for hydroxylation is 1. The number of nitrogens with one attached hydrogen (secondary N) is 1. The second-order valence-corrected chi connectivity index (χ2v) is 6.66. The highest BCUT2D eigenvalue weighted by atomic mass is 15.1. The summed E-state index contributed by atoms with van der Waals surface area (Å²) in [6.45, 7) is 11.7. The lowest BCUT2D eigenvalue weighted by Crippen LogP contribution is -2.44. The van der Waals surface area contributed by atoms with E-state index in [1.54, 1.807) is 0 Å². The molecule has 1 fully saturated rings. The highest BCUT2D eigenvalue weighted by molar-refractivity contribution is 5.22. The Balaban J connectivity index is 1.64. The molecular formula is C18H30N2. The number of likely N-dealkylation sites (tertiary alicyclic amines) is 1. The summed E-state index contributed by atoms with van der Waals surface area (Å²) in [4.78, 5) is 2.61. The molecule has 0 amide bonds. The molecule has 2 heteroatoms. The van der Waals surface area contributed by atoms with Crippen LogP contribution in [0, 0.1) is 12.8 Å². The molecule has 20 heavy (non-hydrogen) atoms. The lowest BCUT2D eigenvalue weighted by Gasteiger charge is -2.33. The number of nitrogens with zero attached hydrogens (tertiary/aromatic N) is 1. The topological polar surface area (TPSA) is 15.3 Å². The molecule has 1 aliphatic heterocycles. The molecule has 0 atom stereocenters. The van der Waals surface area contributed by atoms with E-state index in [4.69, 9.17) is 0 Å². The quantitative estimate of drug-likeness (QED) is 0.856. The highest BCUT2D eigenvalue weighted by Crippen LogP contribution is 2.12. The van der Waals surface area contributed by atoms with Crippen molar-refractivity contribution in [2.45, 2.75) is 46.1 Å². The maximum absolute atomic E-state index is 3.74. The minimum Gasteiger partial charge on any atom is -0.314 e. The third-order valence-corrected chi connectivity index (χ3v) is 4.14. The molecule has 1 saturated heterocycles. The van der Waals surface area contributed by atoms with Crippen molar-refractivity contribution in [2.75, 3.05) is 26.2 Å². The zero-order valence-corrected chi connectivity index (χ0v) is 13.4. The summed E-state index contributed by atoms with van der Waals surface area (Å²) >= 11 is 0. The van der Waals surface area contributed by atoms with E-state index in [-0.39, 0.29) is 0 Å². The molecule has 1 aliphatic rings. The summed E-state index contributed by atoms with van der Waals surface area (Å²) in [5.41, 5.74) is 2.82. The van der Waals surface area contributed by atoms with Gasteiger partial charge >= 0.3 is 0 Å². The van der Waals surface area contributed by atoms with Crippen LogP contribution in [-0.4, -0.2) is 37.1 Å². The summed E-state index contributed by atoms with van der Waals surface area (Å²) in [5, 5.41) is 3.74. The predicted octanol–water partition coefficient (Wildman–Crippen LogP) is 3.25. The summed E-state index contributed by atoms with van der Waals surface area (Å²) in [6.07, 6.45) is 3.76.